The van der Waals surface area contributed by atoms with Gasteiger partial charge in [0.1, 0.15) is 0 Å². The summed E-state index contributed by atoms with van der Waals surface area (Å²) in [6, 6.07) is 69.9. The van der Waals surface area contributed by atoms with Crippen LogP contribution in [0.3, 0.4) is 0 Å². The van der Waals surface area contributed by atoms with Crippen molar-refractivity contribution in [1.82, 2.24) is 0 Å². The van der Waals surface area contributed by atoms with Crippen LogP contribution in [0.25, 0.3) is 81.4 Å². The lowest BCUT2D eigenvalue weighted by Crippen LogP contribution is -2.09. The summed E-state index contributed by atoms with van der Waals surface area (Å²) in [6.45, 7) is 13.1. The fourth-order valence-corrected chi connectivity index (χ4v) is 11.5. The van der Waals surface area contributed by atoms with Crippen molar-refractivity contribution >= 4 is 81.4 Å². The van der Waals surface area contributed by atoms with Gasteiger partial charge in [-0.05, 0) is 172 Å². The summed E-state index contributed by atoms with van der Waals surface area (Å²) in [5.41, 5.74) is 18.8. The lowest BCUT2D eigenvalue weighted by atomic mass is 9.92. The lowest BCUT2D eigenvalue weighted by Gasteiger charge is -2.11. The first-order valence-electron chi connectivity index (χ1n) is 23.4. The molecule has 0 radical (unpaired) electrons. The first-order chi connectivity index (χ1) is 32.2. The van der Waals surface area contributed by atoms with Crippen LogP contribution in [0.1, 0.15) is 66.8 Å². The van der Waals surface area contributed by atoms with Crippen molar-refractivity contribution in [1.29, 1.82) is 0 Å². The molecule has 0 heteroatoms. The van der Waals surface area contributed by atoms with E-state index < -0.39 is 0 Å². The van der Waals surface area contributed by atoms with Crippen molar-refractivity contribution in [2.75, 3.05) is 0 Å². The second-order valence-corrected chi connectivity index (χ2v) is 19.2. The molecule has 312 valence electrons. The molecule has 0 aliphatic rings. The largest absolute Gasteiger partial charge is 0.0587 e. The van der Waals surface area contributed by atoms with Crippen LogP contribution in [0.2, 0.25) is 0 Å². The van der Waals surface area contributed by atoms with Crippen LogP contribution < -0.4 is 15.7 Å². The molecule has 0 saturated heterocycles. The molecule has 0 amide bonds. The van der Waals surface area contributed by atoms with E-state index in [0.717, 1.165) is 0 Å². The van der Waals surface area contributed by atoms with Gasteiger partial charge in [0.05, 0.1) is 0 Å². The molecular formula is C66H48. The third kappa shape index (κ3) is 5.58. The molecule has 0 aliphatic heterocycles. The highest BCUT2D eigenvalue weighted by Gasteiger charge is 2.29. The topological polar surface area (TPSA) is 0 Å². The molecule has 0 nitrogen and oxygen atoms in total. The van der Waals surface area contributed by atoms with E-state index in [1.54, 1.807) is 0 Å². The maximum absolute atomic E-state index is 2.47. The summed E-state index contributed by atoms with van der Waals surface area (Å²) in [6.07, 6.45) is 0. The third-order valence-corrected chi connectivity index (χ3v) is 14.8. The van der Waals surface area contributed by atoms with Crippen molar-refractivity contribution in [3.63, 3.8) is 0 Å². The summed E-state index contributed by atoms with van der Waals surface area (Å²) in [5, 5.41) is 20.2. The van der Waals surface area contributed by atoms with Crippen molar-refractivity contribution < 1.29 is 0 Å². The Morgan fingerprint density at radius 2 is 0.318 bits per heavy atom. The summed E-state index contributed by atoms with van der Waals surface area (Å²) in [5.74, 6) is 0. The second kappa shape index (κ2) is 14.4. The Kier molecular flexibility index (Phi) is 8.40. The fourth-order valence-electron chi connectivity index (χ4n) is 11.5. The molecule has 0 heterocycles. The minimum absolute atomic E-state index is 1.24. The van der Waals surface area contributed by atoms with Gasteiger partial charge in [-0.3, -0.25) is 0 Å². The monoisotopic (exact) mass is 840 g/mol. The van der Waals surface area contributed by atoms with Crippen LogP contribution in [0.5, 0.6) is 0 Å². The van der Waals surface area contributed by atoms with Gasteiger partial charge in [-0.15, -0.1) is 0 Å². The highest BCUT2D eigenvalue weighted by molar-refractivity contribution is 6.48. The van der Waals surface area contributed by atoms with Crippen LogP contribution in [0, 0.1) is 41.5 Å². The van der Waals surface area contributed by atoms with Crippen LogP contribution in [-0.4, -0.2) is 0 Å². The van der Waals surface area contributed by atoms with Gasteiger partial charge in [0.25, 0.3) is 0 Å². The number of rotatable bonds is 6. The average molecular weight is 841 g/mol. The van der Waals surface area contributed by atoms with Crippen molar-refractivity contribution in [3.05, 3.63) is 264 Å². The molecule has 13 aromatic carbocycles. The van der Waals surface area contributed by atoms with Crippen LogP contribution in [0.15, 0.2) is 182 Å². The minimum atomic E-state index is 1.24. The molecule has 0 bridgehead atoms. The maximum atomic E-state index is 2.47. The molecule has 0 atom stereocenters. The minimum Gasteiger partial charge on any atom is -0.0587 e. The first-order valence-corrected chi connectivity index (χ1v) is 23.4. The molecule has 0 N–H and O–H groups in total. The van der Waals surface area contributed by atoms with E-state index in [4.69, 9.17) is 0 Å². The second-order valence-electron chi connectivity index (χ2n) is 19.2. The Bertz CT molecular complexity index is 3440. The van der Waals surface area contributed by atoms with E-state index in [9.17, 15) is 0 Å². The van der Waals surface area contributed by atoms with Gasteiger partial charge >= 0.3 is 0 Å². The van der Waals surface area contributed by atoms with Crippen molar-refractivity contribution in [2.45, 2.75) is 41.5 Å². The van der Waals surface area contributed by atoms with E-state index in [1.807, 2.05) is 0 Å². The van der Waals surface area contributed by atoms with Crippen molar-refractivity contribution in [3.8, 4) is 0 Å². The molecule has 66 heavy (non-hydrogen) atoms. The molecule has 0 fully saturated rings. The normalized spacial score (nSPS) is 12.1. The summed E-state index contributed by atoms with van der Waals surface area (Å²) >= 11 is 0. The molecule has 0 saturated carbocycles. The standard InChI is InChI=1S/C66H48/c1-37-7-19-43(20-8-37)55(44-21-9-38(2)10-22-44)58-49-31-33-51-59(56(45-23-11-39(3)12-24-45)46-25-13-40(4)14-26-46)53-35-36-54-60(52-34-32-50(58)62-61(49)63(51)65(53)66(54)64(52)62)57(47-27-15-41(5)16-28-47)48-29-17-42(6)18-30-48/h7-36H,1-6H3. The van der Waals surface area contributed by atoms with Gasteiger partial charge in [-0.1, -0.05) is 215 Å². The zero-order chi connectivity index (χ0) is 44.5. The summed E-state index contributed by atoms with van der Waals surface area (Å²) in [4.78, 5) is 0. The summed E-state index contributed by atoms with van der Waals surface area (Å²) in [7, 11) is 0. The van der Waals surface area contributed by atoms with Crippen LogP contribution in [0.4, 0.5) is 0 Å². The van der Waals surface area contributed by atoms with Crippen LogP contribution in [-0.2, 0) is 0 Å². The van der Waals surface area contributed by atoms with Gasteiger partial charge in [0.2, 0.25) is 0 Å². The van der Waals surface area contributed by atoms with E-state index in [0.29, 0.717) is 0 Å². The maximum Gasteiger partial charge on any atom is -0.000694 e. The van der Waals surface area contributed by atoms with E-state index in [2.05, 4.69) is 224 Å². The van der Waals surface area contributed by atoms with Gasteiger partial charge in [-0.2, -0.15) is 0 Å². The third-order valence-electron chi connectivity index (χ3n) is 14.8. The van der Waals surface area contributed by atoms with Crippen molar-refractivity contribution in [2.24, 2.45) is 0 Å². The Balaban J connectivity index is 1.33. The highest BCUT2D eigenvalue weighted by atomic mass is 14.3. The van der Waals surface area contributed by atoms with E-state index in [-0.39, 0.29) is 0 Å². The lowest BCUT2D eigenvalue weighted by molar-refractivity contribution is 1.42. The molecule has 13 rings (SSSR count). The van der Waals surface area contributed by atoms with Gasteiger partial charge in [0, 0.05) is 0 Å². The van der Waals surface area contributed by atoms with E-state index in [1.165, 1.54) is 164 Å². The van der Waals surface area contributed by atoms with Crippen LogP contribution >= 0.6 is 0 Å². The molecular weight excluding hydrogens is 793 g/mol. The summed E-state index contributed by atoms with van der Waals surface area (Å²) < 4.78 is 0. The molecule has 0 spiro atoms. The number of benzene rings is 10. The van der Waals surface area contributed by atoms with Gasteiger partial charge in [0.15, 0.2) is 0 Å². The Morgan fingerprint density at radius 1 is 0.182 bits per heavy atom. The molecule has 0 unspecified atom stereocenters. The predicted molar refractivity (Wildman–Crippen MR) is 283 cm³/mol. The Morgan fingerprint density at radius 3 is 0.455 bits per heavy atom. The van der Waals surface area contributed by atoms with Gasteiger partial charge < -0.3 is 0 Å². The number of hydrogen-bond donors (Lipinski definition) is 0. The average Bonchev–Trinajstić information content (AvgIpc) is 3.96. The first kappa shape index (κ1) is 38.6. The number of aryl methyl sites for hydroxylation is 6. The number of hydrogen-bond acceptors (Lipinski definition) is 0. The Labute approximate surface area is 385 Å². The zero-order valence-corrected chi connectivity index (χ0v) is 38.3. The smallest absolute Gasteiger partial charge is 0.000694 e. The molecule has 13 aromatic rings. The molecule has 0 aromatic heterocycles. The van der Waals surface area contributed by atoms with E-state index >= 15 is 0 Å². The SMILES string of the molecule is Cc1ccc(C(c2ccc(C)cc2)=c2c3ccc4c(=C(c5ccc(C)cc5)c5ccc(C)cc5)c5ccc6c(=C(c7ccc(C)cc7)c7ccc(C)cc7)c7ccc2c2c3c4c5c6c72)cc1. The predicted octanol–water partition coefficient (Wildman–Crippen LogP) is 14.7. The zero-order valence-electron chi connectivity index (χ0n) is 38.3. The highest BCUT2D eigenvalue weighted by Crippen LogP contribution is 2.49. The molecule has 0 aliphatic carbocycles. The van der Waals surface area contributed by atoms with Gasteiger partial charge in [-0.25, -0.2) is 0 Å². The fraction of sp³-hybridized carbons (Fsp3) is 0.0909. The Hall–Kier alpha value is -7.80. The quantitative estimate of drug-likeness (QED) is 0.146.